The predicted octanol–water partition coefficient (Wildman–Crippen LogP) is 2.23. The molecule has 5 nitrogen and oxygen atoms in total. The lowest BCUT2D eigenvalue weighted by molar-refractivity contribution is -0.154. The van der Waals surface area contributed by atoms with Crippen LogP contribution in [0, 0.1) is 0 Å². The summed E-state index contributed by atoms with van der Waals surface area (Å²) in [6.07, 6.45) is -1.69. The van der Waals surface area contributed by atoms with Gasteiger partial charge in [0.25, 0.3) is 0 Å². The predicted molar refractivity (Wildman–Crippen MR) is 39.9 cm³/mol. The number of alkyl halides is 2. The van der Waals surface area contributed by atoms with E-state index in [4.69, 9.17) is 5.53 Å². The Balaban J connectivity index is 4.11. The van der Waals surface area contributed by atoms with Gasteiger partial charge in [-0.1, -0.05) is 0 Å². The summed E-state index contributed by atoms with van der Waals surface area (Å²) in [5.74, 6) is -1.09. The molecule has 0 aliphatic rings. The number of carbonyl (C=O) groups is 1. The molecule has 0 aromatic rings. The van der Waals surface area contributed by atoms with Crippen molar-refractivity contribution in [1.29, 1.82) is 0 Å². The minimum atomic E-state index is -3.71. The van der Waals surface area contributed by atoms with Crippen LogP contribution in [0.4, 0.5) is 8.78 Å². The quantitative estimate of drug-likeness (QED) is 0.226. The Kier molecular flexibility index (Phi) is 4.13. The number of hydrogen-bond donors (Lipinski definition) is 0. The number of azide groups is 1. The van der Waals surface area contributed by atoms with E-state index in [0.717, 1.165) is 0 Å². The smallest absolute Gasteiger partial charge is 0.336 e. The summed E-state index contributed by atoms with van der Waals surface area (Å²) >= 11 is 0. The summed E-state index contributed by atoms with van der Waals surface area (Å²) in [5, 5.41) is 2.15. The lowest BCUT2D eigenvalue weighted by atomic mass is 10.4. The summed E-state index contributed by atoms with van der Waals surface area (Å²) in [4.78, 5) is 12.6. The van der Waals surface area contributed by atoms with Gasteiger partial charge in [0.05, 0.1) is 6.10 Å². The fraction of sp³-hybridized carbons (Fsp3) is 0.833. The first kappa shape index (κ1) is 11.6. The minimum absolute atomic E-state index is 0.464. The molecule has 0 heterocycles. The number of carbonyl (C=O) groups excluding carboxylic acids is 1. The third-order valence-corrected chi connectivity index (χ3v) is 0.915. The molecule has 0 amide bonds. The Bertz CT molecular complexity index is 236. The molecule has 7 heteroatoms. The lowest BCUT2D eigenvalue weighted by Crippen LogP contribution is -2.21. The first-order valence-corrected chi connectivity index (χ1v) is 3.51. The van der Waals surface area contributed by atoms with Gasteiger partial charge in [-0.15, -0.1) is 0 Å². The van der Waals surface area contributed by atoms with Gasteiger partial charge in [-0.25, -0.2) is 0 Å². The maximum absolute atomic E-state index is 12.4. The van der Waals surface area contributed by atoms with Gasteiger partial charge in [-0.05, 0) is 24.5 Å². The highest BCUT2D eigenvalue weighted by molar-refractivity contribution is 5.70. The van der Waals surface area contributed by atoms with Crippen LogP contribution in [0.1, 0.15) is 20.3 Å². The summed E-state index contributed by atoms with van der Waals surface area (Å²) < 4.78 is 29.2. The zero-order valence-corrected chi connectivity index (χ0v) is 7.20. The summed E-state index contributed by atoms with van der Waals surface area (Å²) in [6, 6.07) is -3.71. The second-order valence-electron chi connectivity index (χ2n) is 2.57. The van der Waals surface area contributed by atoms with Gasteiger partial charge in [0.15, 0.2) is 0 Å². The fourth-order valence-corrected chi connectivity index (χ4v) is 0.579. The van der Waals surface area contributed by atoms with E-state index < -0.39 is 24.5 Å². The third kappa shape index (κ3) is 5.86. The van der Waals surface area contributed by atoms with Crippen molar-refractivity contribution in [3.05, 3.63) is 10.4 Å². The van der Waals surface area contributed by atoms with Crippen LogP contribution in [0.25, 0.3) is 10.4 Å². The molecule has 0 radical (unpaired) electrons. The van der Waals surface area contributed by atoms with E-state index in [9.17, 15) is 13.6 Å². The van der Waals surface area contributed by atoms with Crippen molar-refractivity contribution in [2.24, 2.45) is 5.11 Å². The summed E-state index contributed by atoms with van der Waals surface area (Å²) in [6.45, 7) is 3.06. The van der Waals surface area contributed by atoms with Crippen LogP contribution in [-0.4, -0.2) is 18.1 Å². The van der Waals surface area contributed by atoms with E-state index in [1.54, 1.807) is 0 Å². The van der Waals surface area contributed by atoms with Crippen LogP contribution in [0.3, 0.4) is 0 Å². The van der Waals surface area contributed by atoms with E-state index in [1.807, 2.05) is 4.91 Å². The SMILES string of the molecule is CC(C)OC(=O)CC(F)(F)N=[N+]=[N-]. The van der Waals surface area contributed by atoms with Crippen LogP contribution in [0.2, 0.25) is 0 Å². The second-order valence-corrected chi connectivity index (χ2v) is 2.57. The van der Waals surface area contributed by atoms with Gasteiger partial charge in [-0.2, -0.15) is 8.78 Å². The van der Waals surface area contributed by atoms with Crippen molar-refractivity contribution in [3.63, 3.8) is 0 Å². The van der Waals surface area contributed by atoms with Gasteiger partial charge < -0.3 is 4.74 Å². The lowest BCUT2D eigenvalue weighted by Gasteiger charge is -2.11. The van der Waals surface area contributed by atoms with Crippen LogP contribution < -0.4 is 0 Å². The number of esters is 1. The highest BCUT2D eigenvalue weighted by atomic mass is 19.3. The molecule has 0 N–H and O–H groups in total. The van der Waals surface area contributed by atoms with E-state index in [-0.39, 0.29) is 0 Å². The maximum atomic E-state index is 12.4. The van der Waals surface area contributed by atoms with E-state index in [1.165, 1.54) is 13.8 Å². The van der Waals surface area contributed by atoms with Gasteiger partial charge in [-0.3, -0.25) is 4.79 Å². The van der Waals surface area contributed by atoms with Gasteiger partial charge in [0, 0.05) is 4.91 Å². The number of nitrogens with zero attached hydrogens (tertiary/aromatic N) is 3. The standard InChI is InChI=1S/C6H9F2N3O2/c1-4(2)13-5(12)3-6(7,8)10-11-9/h4H,3H2,1-2H3. The first-order chi connectivity index (χ1) is 5.87. The molecule has 0 aromatic carbocycles. The summed E-state index contributed by atoms with van der Waals surface area (Å²) in [5.41, 5.74) is 7.72. The molecule has 0 aromatic heterocycles. The van der Waals surface area contributed by atoms with Crippen LogP contribution in [0.5, 0.6) is 0 Å². The van der Waals surface area contributed by atoms with Crippen molar-refractivity contribution >= 4 is 5.97 Å². The molecule has 0 aliphatic heterocycles. The molecule has 13 heavy (non-hydrogen) atoms. The van der Waals surface area contributed by atoms with Crippen LogP contribution in [0.15, 0.2) is 5.11 Å². The molecule has 0 unspecified atom stereocenters. The third-order valence-electron chi connectivity index (χ3n) is 0.915. The molecule has 74 valence electrons. The van der Waals surface area contributed by atoms with Crippen molar-refractivity contribution in [2.45, 2.75) is 32.4 Å². The molecule has 0 saturated carbocycles. The van der Waals surface area contributed by atoms with E-state index >= 15 is 0 Å². The van der Waals surface area contributed by atoms with Crippen LogP contribution >= 0.6 is 0 Å². The van der Waals surface area contributed by atoms with Crippen molar-refractivity contribution in [2.75, 3.05) is 0 Å². The monoisotopic (exact) mass is 193 g/mol. The van der Waals surface area contributed by atoms with Gasteiger partial charge in [0.1, 0.15) is 6.42 Å². The van der Waals surface area contributed by atoms with Crippen LogP contribution in [-0.2, 0) is 9.53 Å². The average Bonchev–Trinajstić information content (AvgIpc) is 1.81. The molecule has 0 aliphatic carbocycles. The first-order valence-electron chi connectivity index (χ1n) is 3.51. The zero-order valence-electron chi connectivity index (χ0n) is 7.20. The normalized spacial score (nSPS) is 10.8. The van der Waals surface area contributed by atoms with Crippen molar-refractivity contribution in [3.8, 4) is 0 Å². The number of halogens is 2. The molecular formula is C6H9F2N3O2. The molecular weight excluding hydrogens is 184 g/mol. The Morgan fingerprint density at radius 2 is 2.23 bits per heavy atom. The van der Waals surface area contributed by atoms with Crippen molar-refractivity contribution < 1.29 is 18.3 Å². The molecule has 0 bridgehead atoms. The number of hydrogen-bond acceptors (Lipinski definition) is 3. The minimum Gasteiger partial charge on any atom is -0.463 e. The Morgan fingerprint density at radius 3 is 2.62 bits per heavy atom. The molecule has 0 fully saturated rings. The largest absolute Gasteiger partial charge is 0.463 e. The zero-order chi connectivity index (χ0) is 10.5. The van der Waals surface area contributed by atoms with Gasteiger partial charge >= 0.3 is 12.0 Å². The van der Waals surface area contributed by atoms with E-state index in [2.05, 4.69) is 9.85 Å². The Labute approximate surface area is 73.3 Å². The molecule has 0 saturated heterocycles. The number of ether oxygens (including phenoxy) is 1. The maximum Gasteiger partial charge on any atom is 0.336 e. The highest BCUT2D eigenvalue weighted by Gasteiger charge is 2.31. The average molecular weight is 193 g/mol. The molecule has 0 spiro atoms. The highest BCUT2D eigenvalue weighted by Crippen LogP contribution is 2.20. The molecule has 0 atom stereocenters. The number of rotatable bonds is 4. The second kappa shape index (κ2) is 4.61. The van der Waals surface area contributed by atoms with Gasteiger partial charge in [0.2, 0.25) is 0 Å². The molecule has 0 rings (SSSR count). The van der Waals surface area contributed by atoms with Crippen molar-refractivity contribution in [1.82, 2.24) is 0 Å². The Hall–Kier alpha value is -1.36. The summed E-state index contributed by atoms with van der Waals surface area (Å²) in [7, 11) is 0. The fourth-order valence-electron chi connectivity index (χ4n) is 0.579. The topological polar surface area (TPSA) is 75.1 Å². The Morgan fingerprint density at radius 1 is 1.69 bits per heavy atom. The van der Waals surface area contributed by atoms with E-state index in [0.29, 0.717) is 0 Å².